The maximum absolute atomic E-state index is 2.98. The number of rotatable bonds is 1. The molecule has 0 saturated heterocycles. The summed E-state index contributed by atoms with van der Waals surface area (Å²) in [5, 5.41) is 0. The number of aromatic nitrogens is 1. The lowest BCUT2D eigenvalue weighted by molar-refractivity contribution is 1.14. The average Bonchev–Trinajstić information content (AvgIpc) is 2.43. The summed E-state index contributed by atoms with van der Waals surface area (Å²) in [6.07, 6.45) is 5.09. The van der Waals surface area contributed by atoms with E-state index in [2.05, 4.69) is 18.0 Å². The van der Waals surface area contributed by atoms with Crippen LogP contribution in [0.5, 0.6) is 0 Å². The molecule has 1 aromatic rings. The molecule has 0 unspecified atom stereocenters. The Kier molecular flexibility index (Phi) is 4.98. The van der Waals surface area contributed by atoms with Gasteiger partial charge in [-0.15, -0.1) is 0 Å². The molecule has 54 valence electrons. The minimum atomic E-state index is 0. The molecule has 1 heterocycles. The molecule has 0 fully saturated rings. The SMILES string of the molecule is CC.CCc1cc[nH]c1.[HH]. The second-order valence-corrected chi connectivity index (χ2v) is 1.57. The second kappa shape index (κ2) is 5.42. The van der Waals surface area contributed by atoms with E-state index in [1.54, 1.807) is 0 Å². The summed E-state index contributed by atoms with van der Waals surface area (Å²) < 4.78 is 0. The van der Waals surface area contributed by atoms with Crippen molar-refractivity contribution < 1.29 is 1.43 Å². The van der Waals surface area contributed by atoms with Crippen LogP contribution in [0.15, 0.2) is 18.5 Å². The monoisotopic (exact) mass is 127 g/mol. The second-order valence-electron chi connectivity index (χ2n) is 1.57. The van der Waals surface area contributed by atoms with Crippen LogP contribution in [0.25, 0.3) is 0 Å². The number of aromatic amines is 1. The fraction of sp³-hybridized carbons (Fsp3) is 0.500. The van der Waals surface area contributed by atoms with Gasteiger partial charge in [0.2, 0.25) is 0 Å². The first kappa shape index (κ1) is 8.28. The predicted molar refractivity (Wildman–Crippen MR) is 43.6 cm³/mol. The topological polar surface area (TPSA) is 15.8 Å². The van der Waals surface area contributed by atoms with Gasteiger partial charge in [0, 0.05) is 13.8 Å². The number of H-pyrrole nitrogens is 1. The zero-order chi connectivity index (χ0) is 7.11. The smallest absolute Gasteiger partial charge is 0.00372 e. The van der Waals surface area contributed by atoms with Crippen LogP contribution in [0.3, 0.4) is 0 Å². The van der Waals surface area contributed by atoms with Gasteiger partial charge in [0.1, 0.15) is 0 Å². The average molecular weight is 127 g/mol. The first-order valence-electron chi connectivity index (χ1n) is 3.55. The highest BCUT2D eigenvalue weighted by atomic mass is 14.6. The van der Waals surface area contributed by atoms with Gasteiger partial charge in [-0.3, -0.25) is 0 Å². The van der Waals surface area contributed by atoms with Crippen LogP contribution in [-0.4, -0.2) is 4.98 Å². The molecule has 0 aliphatic heterocycles. The van der Waals surface area contributed by atoms with Crippen molar-refractivity contribution in [3.63, 3.8) is 0 Å². The third kappa shape index (κ3) is 2.96. The van der Waals surface area contributed by atoms with E-state index >= 15 is 0 Å². The Balaban J connectivity index is 0. The van der Waals surface area contributed by atoms with Gasteiger partial charge in [0.25, 0.3) is 0 Å². The lowest BCUT2D eigenvalue weighted by Crippen LogP contribution is -1.67. The standard InChI is InChI=1S/C6H9N.C2H6.H2/c1-2-6-3-4-7-5-6;1-2;/h3-5,7H,2H2,1H3;1-2H3;1H. The van der Waals surface area contributed by atoms with Gasteiger partial charge >= 0.3 is 0 Å². The summed E-state index contributed by atoms with van der Waals surface area (Å²) >= 11 is 0. The summed E-state index contributed by atoms with van der Waals surface area (Å²) in [4.78, 5) is 2.98. The molecule has 0 amide bonds. The first-order chi connectivity index (χ1) is 4.43. The van der Waals surface area contributed by atoms with Gasteiger partial charge in [0.05, 0.1) is 0 Å². The molecule has 0 atom stereocenters. The number of aryl methyl sites for hydroxylation is 1. The quantitative estimate of drug-likeness (QED) is 0.597. The normalized spacial score (nSPS) is 7.89. The molecule has 1 aromatic heterocycles. The summed E-state index contributed by atoms with van der Waals surface area (Å²) in [7, 11) is 0. The number of hydrogen-bond donors (Lipinski definition) is 1. The van der Waals surface area contributed by atoms with Crippen LogP contribution in [0.2, 0.25) is 0 Å². The fourth-order valence-corrected chi connectivity index (χ4v) is 0.578. The van der Waals surface area contributed by atoms with Crippen molar-refractivity contribution in [2.24, 2.45) is 0 Å². The largest absolute Gasteiger partial charge is 0.367 e. The molecule has 0 aromatic carbocycles. The minimum absolute atomic E-state index is 0. The zero-order valence-electron chi connectivity index (χ0n) is 6.44. The lowest BCUT2D eigenvalue weighted by Gasteiger charge is -1.78. The molecular weight excluding hydrogens is 110 g/mol. The molecule has 0 aliphatic rings. The highest BCUT2D eigenvalue weighted by molar-refractivity contribution is 5.06. The van der Waals surface area contributed by atoms with Crippen molar-refractivity contribution in [2.45, 2.75) is 27.2 Å². The third-order valence-corrected chi connectivity index (χ3v) is 1.07. The van der Waals surface area contributed by atoms with Crippen molar-refractivity contribution in [1.82, 2.24) is 4.98 Å². The van der Waals surface area contributed by atoms with Crippen molar-refractivity contribution in [2.75, 3.05) is 0 Å². The molecule has 0 spiro atoms. The van der Waals surface area contributed by atoms with Crippen LogP contribution in [0.1, 0.15) is 27.8 Å². The highest BCUT2D eigenvalue weighted by Crippen LogP contribution is 1.94. The van der Waals surface area contributed by atoms with Crippen LogP contribution >= 0.6 is 0 Å². The van der Waals surface area contributed by atoms with E-state index < -0.39 is 0 Å². The van der Waals surface area contributed by atoms with E-state index in [0.717, 1.165) is 6.42 Å². The molecule has 1 N–H and O–H groups in total. The van der Waals surface area contributed by atoms with Crippen molar-refractivity contribution in [1.29, 1.82) is 0 Å². The summed E-state index contributed by atoms with van der Waals surface area (Å²) in [6, 6.07) is 2.08. The van der Waals surface area contributed by atoms with E-state index in [1.165, 1.54) is 5.56 Å². The van der Waals surface area contributed by atoms with Crippen LogP contribution in [0.4, 0.5) is 0 Å². The molecule has 1 heteroatoms. The van der Waals surface area contributed by atoms with E-state index in [1.807, 2.05) is 26.2 Å². The Morgan fingerprint density at radius 3 is 2.44 bits per heavy atom. The Morgan fingerprint density at radius 2 is 2.22 bits per heavy atom. The molecule has 0 saturated carbocycles. The summed E-state index contributed by atoms with van der Waals surface area (Å²) in [5.74, 6) is 0. The van der Waals surface area contributed by atoms with E-state index in [-0.39, 0.29) is 1.43 Å². The molecule has 9 heavy (non-hydrogen) atoms. The van der Waals surface area contributed by atoms with Crippen LogP contribution < -0.4 is 0 Å². The van der Waals surface area contributed by atoms with Crippen molar-refractivity contribution in [3.8, 4) is 0 Å². The Bertz CT molecular complexity index is 124. The molecule has 0 radical (unpaired) electrons. The molecular formula is C8H17N. The number of nitrogens with one attached hydrogen (secondary N) is 1. The van der Waals surface area contributed by atoms with Crippen LogP contribution in [-0.2, 0) is 6.42 Å². The van der Waals surface area contributed by atoms with E-state index in [0.29, 0.717) is 0 Å². The zero-order valence-corrected chi connectivity index (χ0v) is 6.44. The summed E-state index contributed by atoms with van der Waals surface area (Å²) in [5.41, 5.74) is 1.38. The Morgan fingerprint density at radius 1 is 1.56 bits per heavy atom. The maximum Gasteiger partial charge on any atom is 0.00372 e. The van der Waals surface area contributed by atoms with Gasteiger partial charge in [-0.05, 0) is 18.1 Å². The maximum atomic E-state index is 2.98. The summed E-state index contributed by atoms with van der Waals surface area (Å²) in [6.45, 7) is 6.14. The van der Waals surface area contributed by atoms with Gasteiger partial charge < -0.3 is 4.98 Å². The Labute approximate surface area is 58.6 Å². The Hall–Kier alpha value is -0.720. The molecule has 1 rings (SSSR count). The first-order valence-corrected chi connectivity index (χ1v) is 3.55. The number of hydrogen-bond acceptors (Lipinski definition) is 0. The lowest BCUT2D eigenvalue weighted by atomic mass is 10.3. The molecule has 0 bridgehead atoms. The van der Waals surface area contributed by atoms with Gasteiger partial charge in [0.15, 0.2) is 0 Å². The van der Waals surface area contributed by atoms with Crippen molar-refractivity contribution >= 4 is 0 Å². The van der Waals surface area contributed by atoms with Crippen molar-refractivity contribution in [3.05, 3.63) is 24.0 Å². The highest BCUT2D eigenvalue weighted by Gasteiger charge is 1.81. The van der Waals surface area contributed by atoms with Gasteiger partial charge in [-0.25, -0.2) is 0 Å². The predicted octanol–water partition coefficient (Wildman–Crippen LogP) is 2.85. The van der Waals surface area contributed by atoms with E-state index in [9.17, 15) is 0 Å². The van der Waals surface area contributed by atoms with Gasteiger partial charge in [-0.2, -0.15) is 0 Å². The van der Waals surface area contributed by atoms with Gasteiger partial charge in [-0.1, -0.05) is 20.8 Å². The van der Waals surface area contributed by atoms with Crippen LogP contribution in [0, 0.1) is 0 Å². The third-order valence-electron chi connectivity index (χ3n) is 1.07. The van der Waals surface area contributed by atoms with E-state index in [4.69, 9.17) is 0 Å². The molecule has 1 nitrogen and oxygen atoms in total. The molecule has 0 aliphatic carbocycles. The fourth-order valence-electron chi connectivity index (χ4n) is 0.578. The minimum Gasteiger partial charge on any atom is -0.367 e.